The van der Waals surface area contributed by atoms with Gasteiger partial charge in [0.05, 0.1) is 10.4 Å². The first kappa shape index (κ1) is 26.2. The van der Waals surface area contributed by atoms with E-state index in [1.807, 2.05) is 0 Å². The standard InChI is InChI=1S/C24H23Cl2N7O4S/c25-16-3-6-19(26)20(11-16)38(35,36)33-17-4-1-15(2-5-17)21-27-13-18-22(29-21)31-32-23(18)30-24(34)28-12-14-7-9-37-10-8-14/h1-6,11,13-14,33H,7-10,12H2,(H3,27,28,29,30,31,32,34). The summed E-state index contributed by atoms with van der Waals surface area (Å²) in [5.41, 5.74) is 1.41. The van der Waals surface area contributed by atoms with Gasteiger partial charge in [0, 0.05) is 42.2 Å². The number of ether oxygens (including phenoxy) is 1. The van der Waals surface area contributed by atoms with E-state index in [0.29, 0.717) is 59.6 Å². The SMILES string of the molecule is O=C(NCC1CCOCC1)Nc1n[nH]c2nc(-c3ccc(NS(=O)(=O)c4cc(Cl)ccc4Cl)cc3)ncc12. The highest BCUT2D eigenvalue weighted by molar-refractivity contribution is 7.92. The van der Waals surface area contributed by atoms with Gasteiger partial charge < -0.3 is 10.1 Å². The van der Waals surface area contributed by atoms with E-state index >= 15 is 0 Å². The molecule has 2 amide bonds. The van der Waals surface area contributed by atoms with Gasteiger partial charge in [0.25, 0.3) is 10.0 Å². The number of rotatable bonds is 7. The molecule has 0 spiro atoms. The predicted octanol–water partition coefficient (Wildman–Crippen LogP) is 4.68. The number of nitrogens with zero attached hydrogens (tertiary/aromatic N) is 3. The van der Waals surface area contributed by atoms with Gasteiger partial charge in [-0.3, -0.25) is 15.1 Å². The summed E-state index contributed by atoms with van der Waals surface area (Å²) in [6.07, 6.45) is 3.41. The van der Waals surface area contributed by atoms with Crippen LogP contribution in [-0.4, -0.2) is 54.4 Å². The average molecular weight is 576 g/mol. The van der Waals surface area contributed by atoms with Crippen molar-refractivity contribution in [2.45, 2.75) is 17.7 Å². The minimum atomic E-state index is -3.95. The van der Waals surface area contributed by atoms with Gasteiger partial charge >= 0.3 is 6.03 Å². The number of halogens is 2. The number of carbonyl (C=O) groups excluding carboxylic acids is 1. The number of sulfonamides is 1. The van der Waals surface area contributed by atoms with Crippen LogP contribution in [0.25, 0.3) is 22.4 Å². The van der Waals surface area contributed by atoms with Crippen molar-refractivity contribution in [1.82, 2.24) is 25.5 Å². The molecule has 3 heterocycles. The fraction of sp³-hybridized carbons (Fsp3) is 0.250. The summed E-state index contributed by atoms with van der Waals surface area (Å²) in [6.45, 7) is 2.00. The number of aromatic amines is 1. The summed E-state index contributed by atoms with van der Waals surface area (Å²) >= 11 is 12.0. The minimum absolute atomic E-state index is 0.0606. The first-order valence-electron chi connectivity index (χ1n) is 11.7. The number of nitrogens with one attached hydrogen (secondary N) is 4. The van der Waals surface area contributed by atoms with Crippen LogP contribution in [0.2, 0.25) is 10.0 Å². The smallest absolute Gasteiger partial charge is 0.320 e. The molecule has 1 aliphatic heterocycles. The zero-order valence-corrected chi connectivity index (χ0v) is 22.2. The van der Waals surface area contributed by atoms with Gasteiger partial charge in [-0.15, -0.1) is 0 Å². The lowest BCUT2D eigenvalue weighted by atomic mass is 10.0. The maximum absolute atomic E-state index is 12.7. The molecule has 4 N–H and O–H groups in total. The highest BCUT2D eigenvalue weighted by atomic mass is 35.5. The van der Waals surface area contributed by atoms with Crippen molar-refractivity contribution < 1.29 is 17.9 Å². The predicted molar refractivity (Wildman–Crippen MR) is 145 cm³/mol. The van der Waals surface area contributed by atoms with E-state index in [-0.39, 0.29) is 21.0 Å². The Morgan fingerprint density at radius 3 is 2.63 bits per heavy atom. The molecule has 1 saturated heterocycles. The number of amides is 2. The Hall–Kier alpha value is -3.45. The van der Waals surface area contributed by atoms with E-state index in [9.17, 15) is 13.2 Å². The van der Waals surface area contributed by atoms with Gasteiger partial charge in [0.15, 0.2) is 17.3 Å². The number of H-pyrrole nitrogens is 1. The van der Waals surface area contributed by atoms with Crippen LogP contribution in [0.3, 0.4) is 0 Å². The second-order valence-electron chi connectivity index (χ2n) is 8.68. The summed E-state index contributed by atoms with van der Waals surface area (Å²) in [5, 5.41) is 13.4. The van der Waals surface area contributed by atoms with Gasteiger partial charge in [-0.05, 0) is 61.2 Å². The fourth-order valence-corrected chi connectivity index (χ4v) is 5.79. The Morgan fingerprint density at radius 2 is 1.87 bits per heavy atom. The van der Waals surface area contributed by atoms with Crippen molar-refractivity contribution >= 4 is 61.8 Å². The molecule has 5 rings (SSSR count). The summed E-state index contributed by atoms with van der Waals surface area (Å²) in [4.78, 5) is 21.1. The van der Waals surface area contributed by atoms with Gasteiger partial charge in [0.2, 0.25) is 0 Å². The zero-order chi connectivity index (χ0) is 26.7. The summed E-state index contributed by atoms with van der Waals surface area (Å²) in [6, 6.07) is 10.4. The molecule has 1 aliphatic rings. The molecular weight excluding hydrogens is 553 g/mol. The van der Waals surface area contributed by atoms with Crippen molar-refractivity contribution in [1.29, 1.82) is 0 Å². The van der Waals surface area contributed by atoms with Crippen LogP contribution in [-0.2, 0) is 14.8 Å². The molecule has 38 heavy (non-hydrogen) atoms. The maximum Gasteiger partial charge on any atom is 0.320 e. The molecule has 2 aromatic heterocycles. The minimum Gasteiger partial charge on any atom is -0.381 e. The van der Waals surface area contributed by atoms with Crippen molar-refractivity contribution in [2.24, 2.45) is 5.92 Å². The zero-order valence-electron chi connectivity index (χ0n) is 19.9. The second kappa shape index (κ2) is 11.1. The quantitative estimate of drug-likeness (QED) is 0.250. The number of fused-ring (bicyclic) bond motifs is 1. The molecule has 14 heteroatoms. The van der Waals surface area contributed by atoms with Crippen molar-refractivity contribution in [3.63, 3.8) is 0 Å². The third-order valence-electron chi connectivity index (χ3n) is 6.02. The Balaban J connectivity index is 1.25. The fourth-order valence-electron chi connectivity index (χ4n) is 3.96. The average Bonchev–Trinajstić information content (AvgIpc) is 3.31. The normalized spacial score (nSPS) is 14.4. The van der Waals surface area contributed by atoms with Crippen LogP contribution in [0.15, 0.2) is 53.6 Å². The van der Waals surface area contributed by atoms with Gasteiger partial charge in [-0.1, -0.05) is 23.2 Å². The van der Waals surface area contributed by atoms with Crippen LogP contribution in [0, 0.1) is 5.92 Å². The van der Waals surface area contributed by atoms with Crippen LogP contribution >= 0.6 is 23.2 Å². The van der Waals surface area contributed by atoms with Crippen LogP contribution in [0.4, 0.5) is 16.3 Å². The molecule has 0 radical (unpaired) electrons. The topological polar surface area (TPSA) is 151 Å². The van der Waals surface area contributed by atoms with Crippen molar-refractivity contribution in [2.75, 3.05) is 29.8 Å². The summed E-state index contributed by atoms with van der Waals surface area (Å²) < 4.78 is 33.3. The van der Waals surface area contributed by atoms with E-state index in [4.69, 9.17) is 27.9 Å². The Bertz CT molecular complexity index is 1570. The number of hydrogen-bond donors (Lipinski definition) is 4. The largest absolute Gasteiger partial charge is 0.381 e. The van der Waals surface area contributed by atoms with Crippen molar-refractivity contribution in [3.8, 4) is 11.4 Å². The van der Waals surface area contributed by atoms with E-state index in [1.54, 1.807) is 30.5 Å². The molecule has 2 aromatic carbocycles. The van der Waals surface area contributed by atoms with E-state index < -0.39 is 10.0 Å². The lowest BCUT2D eigenvalue weighted by Crippen LogP contribution is -2.35. The van der Waals surface area contributed by atoms with Crippen LogP contribution in [0.5, 0.6) is 0 Å². The molecule has 0 saturated carbocycles. The molecule has 0 unspecified atom stereocenters. The monoisotopic (exact) mass is 575 g/mol. The summed E-state index contributed by atoms with van der Waals surface area (Å²) in [7, 11) is -3.95. The van der Waals surface area contributed by atoms with E-state index in [2.05, 4.69) is 35.5 Å². The molecule has 0 atom stereocenters. The highest BCUT2D eigenvalue weighted by Crippen LogP contribution is 2.28. The highest BCUT2D eigenvalue weighted by Gasteiger charge is 2.19. The first-order chi connectivity index (χ1) is 18.3. The molecule has 0 bridgehead atoms. The molecular formula is C24H23Cl2N7O4S. The number of hydrogen-bond acceptors (Lipinski definition) is 7. The van der Waals surface area contributed by atoms with Crippen LogP contribution < -0.4 is 15.4 Å². The van der Waals surface area contributed by atoms with Gasteiger partial charge in [-0.25, -0.2) is 23.2 Å². The Morgan fingerprint density at radius 1 is 1.11 bits per heavy atom. The summed E-state index contributed by atoms with van der Waals surface area (Å²) in [5.74, 6) is 1.11. The van der Waals surface area contributed by atoms with Gasteiger partial charge in [0.1, 0.15) is 4.90 Å². The Labute approximate surface area is 228 Å². The molecule has 11 nitrogen and oxygen atoms in total. The number of anilines is 2. The number of benzene rings is 2. The first-order valence-corrected chi connectivity index (χ1v) is 13.9. The Kier molecular flexibility index (Phi) is 7.65. The number of carbonyl (C=O) groups is 1. The second-order valence-corrected chi connectivity index (χ2v) is 11.2. The number of aromatic nitrogens is 4. The molecule has 4 aromatic rings. The van der Waals surface area contributed by atoms with Crippen LogP contribution in [0.1, 0.15) is 12.8 Å². The lowest BCUT2D eigenvalue weighted by molar-refractivity contribution is 0.0671. The third-order valence-corrected chi connectivity index (χ3v) is 8.12. The van der Waals surface area contributed by atoms with Crippen molar-refractivity contribution in [3.05, 3.63) is 58.7 Å². The number of urea groups is 1. The molecule has 1 fully saturated rings. The lowest BCUT2D eigenvalue weighted by Gasteiger charge is -2.22. The van der Waals surface area contributed by atoms with Gasteiger partial charge in [-0.2, -0.15) is 5.10 Å². The van der Waals surface area contributed by atoms with E-state index in [0.717, 1.165) is 12.8 Å². The van der Waals surface area contributed by atoms with E-state index in [1.165, 1.54) is 18.2 Å². The molecule has 198 valence electrons. The third kappa shape index (κ3) is 5.99. The molecule has 0 aliphatic carbocycles. The maximum atomic E-state index is 12.7.